The summed E-state index contributed by atoms with van der Waals surface area (Å²) in [6, 6.07) is 23.0. The SMILES string of the molecule is Clc1ccc(-c2nc3ncc(-c4ccccc4Cl)cn3c2-c2ccc(Cl)cc2)cc1. The summed E-state index contributed by atoms with van der Waals surface area (Å²) < 4.78 is 1.99. The van der Waals surface area contributed by atoms with E-state index in [9.17, 15) is 0 Å². The van der Waals surface area contributed by atoms with Gasteiger partial charge in [0.2, 0.25) is 5.78 Å². The van der Waals surface area contributed by atoms with E-state index in [1.807, 2.05) is 83.4 Å². The Balaban J connectivity index is 1.79. The molecule has 0 fully saturated rings. The molecule has 6 heteroatoms. The van der Waals surface area contributed by atoms with Gasteiger partial charge >= 0.3 is 0 Å². The molecular weight excluding hydrogens is 437 g/mol. The fourth-order valence-corrected chi connectivity index (χ4v) is 3.96. The van der Waals surface area contributed by atoms with Gasteiger partial charge in [-0.1, -0.05) is 77.3 Å². The van der Waals surface area contributed by atoms with Crippen molar-refractivity contribution >= 4 is 40.6 Å². The summed E-state index contributed by atoms with van der Waals surface area (Å²) in [5.41, 5.74) is 5.49. The topological polar surface area (TPSA) is 30.2 Å². The summed E-state index contributed by atoms with van der Waals surface area (Å²) >= 11 is 18.6. The van der Waals surface area contributed by atoms with E-state index in [0.29, 0.717) is 20.8 Å². The third-order valence-corrected chi connectivity index (χ3v) is 5.73. The predicted molar refractivity (Wildman–Crippen MR) is 124 cm³/mol. The highest BCUT2D eigenvalue weighted by Crippen LogP contribution is 2.35. The predicted octanol–water partition coefficient (Wildman–Crippen LogP) is 7.69. The standard InChI is InChI=1S/C24H14Cl3N3/c25-18-9-5-15(6-10-18)22-23(16-7-11-19(26)12-8-16)30-14-17(13-28-24(30)29-22)20-3-1-2-4-21(20)27/h1-14H. The van der Waals surface area contributed by atoms with E-state index in [4.69, 9.17) is 39.8 Å². The van der Waals surface area contributed by atoms with E-state index < -0.39 is 0 Å². The fraction of sp³-hybridized carbons (Fsp3) is 0. The van der Waals surface area contributed by atoms with Crippen LogP contribution in [0.15, 0.2) is 85.2 Å². The zero-order chi connectivity index (χ0) is 20.7. The highest BCUT2D eigenvalue weighted by atomic mass is 35.5. The highest BCUT2D eigenvalue weighted by Gasteiger charge is 2.18. The Labute approximate surface area is 188 Å². The van der Waals surface area contributed by atoms with E-state index >= 15 is 0 Å². The van der Waals surface area contributed by atoms with Gasteiger partial charge in [-0.05, 0) is 30.3 Å². The third kappa shape index (κ3) is 3.46. The van der Waals surface area contributed by atoms with Gasteiger partial charge in [-0.15, -0.1) is 0 Å². The molecule has 0 N–H and O–H groups in total. The Bertz CT molecular complexity index is 1360. The van der Waals surface area contributed by atoms with Gasteiger partial charge in [0.1, 0.15) is 0 Å². The smallest absolute Gasteiger partial charge is 0.234 e. The lowest BCUT2D eigenvalue weighted by Gasteiger charge is -2.08. The molecule has 0 bridgehead atoms. The minimum Gasteiger partial charge on any atom is -0.282 e. The van der Waals surface area contributed by atoms with Crippen LogP contribution < -0.4 is 0 Å². The van der Waals surface area contributed by atoms with Gasteiger partial charge in [-0.25, -0.2) is 9.97 Å². The Morgan fingerprint density at radius 3 is 1.97 bits per heavy atom. The van der Waals surface area contributed by atoms with Crippen molar-refractivity contribution in [2.45, 2.75) is 0 Å². The zero-order valence-electron chi connectivity index (χ0n) is 15.6. The second kappa shape index (κ2) is 7.77. The number of hydrogen-bond acceptors (Lipinski definition) is 2. The summed E-state index contributed by atoms with van der Waals surface area (Å²) in [5.74, 6) is 0.598. The van der Waals surface area contributed by atoms with Crippen molar-refractivity contribution in [1.29, 1.82) is 0 Å². The molecule has 0 amide bonds. The van der Waals surface area contributed by atoms with E-state index in [-0.39, 0.29) is 0 Å². The van der Waals surface area contributed by atoms with Crippen LogP contribution in [0.1, 0.15) is 0 Å². The van der Waals surface area contributed by atoms with Crippen LogP contribution in [0.5, 0.6) is 0 Å². The Morgan fingerprint density at radius 2 is 1.30 bits per heavy atom. The van der Waals surface area contributed by atoms with Crippen molar-refractivity contribution in [2.75, 3.05) is 0 Å². The molecule has 0 aliphatic rings. The first-order valence-corrected chi connectivity index (χ1v) is 10.4. The summed E-state index contributed by atoms with van der Waals surface area (Å²) in [6.45, 7) is 0. The van der Waals surface area contributed by atoms with Crippen LogP contribution in [-0.2, 0) is 0 Å². The van der Waals surface area contributed by atoms with E-state index in [1.54, 1.807) is 6.20 Å². The zero-order valence-corrected chi connectivity index (χ0v) is 17.8. The number of rotatable bonds is 3. The molecule has 2 aromatic heterocycles. The second-order valence-corrected chi connectivity index (χ2v) is 8.10. The van der Waals surface area contributed by atoms with Crippen molar-refractivity contribution in [3.63, 3.8) is 0 Å². The Hall–Kier alpha value is -2.85. The highest BCUT2D eigenvalue weighted by molar-refractivity contribution is 6.33. The maximum absolute atomic E-state index is 6.42. The number of imidazole rings is 1. The van der Waals surface area contributed by atoms with Crippen molar-refractivity contribution in [2.24, 2.45) is 0 Å². The first-order chi connectivity index (χ1) is 14.6. The minimum atomic E-state index is 0.598. The van der Waals surface area contributed by atoms with Crippen molar-refractivity contribution in [3.8, 4) is 33.6 Å². The molecule has 146 valence electrons. The van der Waals surface area contributed by atoms with Crippen LogP contribution in [0.25, 0.3) is 39.4 Å². The molecule has 3 nitrogen and oxygen atoms in total. The van der Waals surface area contributed by atoms with Crippen LogP contribution in [-0.4, -0.2) is 14.4 Å². The van der Waals surface area contributed by atoms with Gasteiger partial charge in [-0.2, -0.15) is 0 Å². The van der Waals surface area contributed by atoms with Crippen LogP contribution >= 0.6 is 34.8 Å². The lowest BCUT2D eigenvalue weighted by Crippen LogP contribution is -1.93. The molecule has 0 spiro atoms. The molecule has 0 saturated heterocycles. The van der Waals surface area contributed by atoms with Crippen LogP contribution in [0.4, 0.5) is 0 Å². The minimum absolute atomic E-state index is 0.598. The van der Waals surface area contributed by atoms with Gasteiger partial charge in [0.25, 0.3) is 0 Å². The maximum atomic E-state index is 6.42. The number of halogens is 3. The summed E-state index contributed by atoms with van der Waals surface area (Å²) in [7, 11) is 0. The quantitative estimate of drug-likeness (QED) is 0.282. The Morgan fingerprint density at radius 1 is 0.667 bits per heavy atom. The summed E-state index contributed by atoms with van der Waals surface area (Å²) in [5, 5.41) is 2.02. The van der Waals surface area contributed by atoms with Gasteiger partial charge in [0, 0.05) is 49.7 Å². The van der Waals surface area contributed by atoms with Gasteiger partial charge in [0.15, 0.2) is 0 Å². The van der Waals surface area contributed by atoms with Gasteiger partial charge in [0.05, 0.1) is 11.4 Å². The van der Waals surface area contributed by atoms with Crippen molar-refractivity contribution in [3.05, 3.63) is 100 Å². The van der Waals surface area contributed by atoms with Crippen LogP contribution in [0.3, 0.4) is 0 Å². The fourth-order valence-electron chi connectivity index (χ4n) is 3.46. The van der Waals surface area contributed by atoms with E-state index in [2.05, 4.69) is 4.98 Å². The van der Waals surface area contributed by atoms with Crippen molar-refractivity contribution < 1.29 is 0 Å². The summed E-state index contributed by atoms with van der Waals surface area (Å²) in [6.07, 6.45) is 3.81. The molecule has 2 heterocycles. The Kier molecular flexibility index (Phi) is 4.95. The monoisotopic (exact) mass is 449 g/mol. The van der Waals surface area contributed by atoms with Crippen LogP contribution in [0.2, 0.25) is 15.1 Å². The largest absolute Gasteiger partial charge is 0.282 e. The molecule has 30 heavy (non-hydrogen) atoms. The number of hydrogen-bond donors (Lipinski definition) is 0. The molecular formula is C24H14Cl3N3. The molecule has 5 aromatic rings. The molecule has 0 aliphatic carbocycles. The van der Waals surface area contributed by atoms with E-state index in [0.717, 1.165) is 33.6 Å². The maximum Gasteiger partial charge on any atom is 0.234 e. The average molecular weight is 451 g/mol. The second-order valence-electron chi connectivity index (χ2n) is 6.82. The van der Waals surface area contributed by atoms with E-state index in [1.165, 1.54) is 0 Å². The normalized spacial score (nSPS) is 11.2. The first kappa shape index (κ1) is 19.1. The number of benzene rings is 3. The molecule has 0 saturated carbocycles. The molecule has 0 radical (unpaired) electrons. The van der Waals surface area contributed by atoms with Crippen molar-refractivity contribution in [1.82, 2.24) is 14.4 Å². The molecule has 0 aliphatic heterocycles. The van der Waals surface area contributed by atoms with Gasteiger partial charge in [-0.3, -0.25) is 4.40 Å². The first-order valence-electron chi connectivity index (χ1n) is 9.25. The number of nitrogens with zero attached hydrogens (tertiary/aromatic N) is 3. The average Bonchev–Trinajstić information content (AvgIpc) is 3.14. The lowest BCUT2D eigenvalue weighted by molar-refractivity contribution is 1.11. The van der Waals surface area contributed by atoms with Gasteiger partial charge < -0.3 is 0 Å². The molecule has 3 aromatic carbocycles. The number of aromatic nitrogens is 3. The number of fused-ring (bicyclic) bond motifs is 1. The molecule has 0 unspecified atom stereocenters. The third-order valence-electron chi connectivity index (χ3n) is 4.90. The van der Waals surface area contributed by atoms with Crippen LogP contribution in [0, 0.1) is 0 Å². The summed E-state index contributed by atoms with van der Waals surface area (Å²) in [4.78, 5) is 9.42. The molecule has 5 rings (SSSR count). The molecule has 0 atom stereocenters. The lowest BCUT2D eigenvalue weighted by atomic mass is 10.0.